The molecule has 1 atom stereocenters. The highest BCUT2D eigenvalue weighted by atomic mass is 31.2. The van der Waals surface area contributed by atoms with Gasteiger partial charge in [-0.3, -0.25) is 4.57 Å². The molecule has 1 aliphatic heterocycles. The van der Waals surface area contributed by atoms with Crippen LogP contribution in [-0.2, 0) is 9.09 Å². The van der Waals surface area contributed by atoms with Crippen LogP contribution in [0.25, 0.3) is 0 Å². The van der Waals surface area contributed by atoms with Crippen LogP contribution in [-0.4, -0.2) is 42.6 Å². The van der Waals surface area contributed by atoms with E-state index in [1.165, 1.54) is 5.69 Å². The van der Waals surface area contributed by atoms with Crippen molar-refractivity contribution in [1.82, 2.24) is 4.67 Å². The van der Waals surface area contributed by atoms with Crippen LogP contribution in [0.5, 0.6) is 0 Å². The molecule has 0 aliphatic carbocycles. The van der Waals surface area contributed by atoms with E-state index in [1.807, 2.05) is 26.8 Å². The third kappa shape index (κ3) is 4.62. The molecule has 1 heterocycles. The Morgan fingerprint density at radius 3 is 1.96 bits per heavy atom. The van der Waals surface area contributed by atoms with E-state index in [1.54, 1.807) is 0 Å². The summed E-state index contributed by atoms with van der Waals surface area (Å²) in [6.45, 7) is 16.3. The van der Waals surface area contributed by atoms with E-state index in [-0.39, 0.29) is 10.6 Å². The maximum Gasteiger partial charge on any atom is 0.277 e. The molecule has 2 rings (SSSR count). The lowest BCUT2D eigenvalue weighted by atomic mass is 9.99. The minimum atomic E-state index is -2.89. The first-order chi connectivity index (χ1) is 11.0. The molecular weight excluding hydrogens is 319 g/mol. The van der Waals surface area contributed by atoms with Crippen LogP contribution >= 0.6 is 7.52 Å². The number of rotatable bonds is 4. The van der Waals surface area contributed by atoms with Gasteiger partial charge in [0.05, 0.1) is 11.8 Å². The Kier molecular flexibility index (Phi) is 5.84. The number of hydrogen-bond acceptors (Lipinski definition) is 3. The largest absolute Gasteiger partial charge is 0.369 e. The predicted molar refractivity (Wildman–Crippen MR) is 103 cm³/mol. The molecule has 0 radical (unpaired) electrons. The summed E-state index contributed by atoms with van der Waals surface area (Å²) < 4.78 is 22.0. The third-order valence-electron chi connectivity index (χ3n) is 4.27. The Bertz CT molecular complexity index is 567. The topological polar surface area (TPSA) is 32.8 Å². The molecule has 1 aliphatic rings. The van der Waals surface area contributed by atoms with Gasteiger partial charge in [-0.1, -0.05) is 39.0 Å². The normalized spacial score (nSPS) is 20.0. The Balaban J connectivity index is 2.09. The Labute approximate surface area is 147 Å². The van der Waals surface area contributed by atoms with Crippen molar-refractivity contribution in [1.29, 1.82) is 0 Å². The van der Waals surface area contributed by atoms with Gasteiger partial charge >= 0.3 is 0 Å². The van der Waals surface area contributed by atoms with E-state index in [4.69, 9.17) is 4.52 Å². The van der Waals surface area contributed by atoms with E-state index in [9.17, 15) is 4.57 Å². The number of benzene rings is 1. The van der Waals surface area contributed by atoms with Gasteiger partial charge in [0.15, 0.2) is 0 Å². The highest BCUT2D eigenvalue weighted by Gasteiger charge is 2.45. The Hall–Kier alpha value is -0.830. The molecular formula is C19H33N2O2P. The zero-order valence-electron chi connectivity index (χ0n) is 16.1. The molecule has 1 saturated heterocycles. The minimum Gasteiger partial charge on any atom is -0.369 e. The molecule has 1 aromatic rings. The van der Waals surface area contributed by atoms with Crippen LogP contribution in [0.3, 0.4) is 0 Å². The first kappa shape index (κ1) is 19.5. The SMILES string of the molecule is CC(C)(C)COP(=O)(N1CCN(c2ccccc2)CC1)C(C)(C)C. The highest BCUT2D eigenvalue weighted by Crippen LogP contribution is 2.62. The van der Waals surface area contributed by atoms with E-state index in [0.717, 1.165) is 26.2 Å². The summed E-state index contributed by atoms with van der Waals surface area (Å²) in [7, 11) is -2.89. The summed E-state index contributed by atoms with van der Waals surface area (Å²) in [4.78, 5) is 2.35. The van der Waals surface area contributed by atoms with Crippen LogP contribution < -0.4 is 4.90 Å². The minimum absolute atomic E-state index is 0.00672. The standard InChI is InChI=1S/C19H33N2O2P/c1-18(2,3)16-23-24(22,19(4,5)6)21-14-12-20(13-15-21)17-10-8-7-9-11-17/h7-11H,12-16H2,1-6H3. The van der Waals surface area contributed by atoms with Crippen LogP contribution in [0.15, 0.2) is 30.3 Å². The third-order valence-corrected chi connectivity index (χ3v) is 7.59. The summed E-state index contributed by atoms with van der Waals surface area (Å²) in [5, 5.41) is -0.382. The zero-order valence-corrected chi connectivity index (χ0v) is 17.0. The van der Waals surface area contributed by atoms with Crippen molar-refractivity contribution in [3.63, 3.8) is 0 Å². The molecule has 0 bridgehead atoms. The number of piperazine rings is 1. The van der Waals surface area contributed by atoms with Crippen LogP contribution in [0.4, 0.5) is 5.69 Å². The molecule has 1 aromatic carbocycles. The van der Waals surface area contributed by atoms with Crippen molar-refractivity contribution in [2.45, 2.75) is 46.7 Å². The predicted octanol–water partition coefficient (Wildman–Crippen LogP) is 4.86. The fourth-order valence-corrected chi connectivity index (χ4v) is 5.50. The smallest absolute Gasteiger partial charge is 0.277 e. The van der Waals surface area contributed by atoms with Gasteiger partial charge < -0.3 is 9.42 Å². The monoisotopic (exact) mass is 352 g/mol. The molecule has 5 heteroatoms. The van der Waals surface area contributed by atoms with E-state index in [2.05, 4.69) is 54.6 Å². The fourth-order valence-electron chi connectivity index (χ4n) is 2.84. The maximum absolute atomic E-state index is 13.8. The summed E-state index contributed by atoms with van der Waals surface area (Å²) in [6, 6.07) is 10.4. The van der Waals surface area contributed by atoms with Gasteiger partial charge in [-0.2, -0.15) is 0 Å². The maximum atomic E-state index is 13.8. The summed E-state index contributed by atoms with van der Waals surface area (Å²) >= 11 is 0. The second-order valence-corrected chi connectivity index (χ2v) is 12.0. The summed E-state index contributed by atoms with van der Waals surface area (Å²) in [6.07, 6.45) is 0. The van der Waals surface area contributed by atoms with Crippen molar-refractivity contribution in [3.05, 3.63) is 30.3 Å². The molecule has 1 fully saturated rings. The second kappa shape index (κ2) is 7.19. The zero-order chi connectivity index (χ0) is 18.0. The molecule has 24 heavy (non-hydrogen) atoms. The number of para-hydroxylation sites is 1. The van der Waals surface area contributed by atoms with Gasteiger partial charge in [0.1, 0.15) is 0 Å². The van der Waals surface area contributed by atoms with Crippen molar-refractivity contribution >= 4 is 13.2 Å². The molecule has 136 valence electrons. The molecule has 0 spiro atoms. The van der Waals surface area contributed by atoms with E-state index < -0.39 is 7.52 Å². The summed E-state index contributed by atoms with van der Waals surface area (Å²) in [5.41, 5.74) is 1.24. The average Bonchev–Trinajstić information content (AvgIpc) is 2.52. The lowest BCUT2D eigenvalue weighted by Crippen LogP contribution is -2.47. The molecule has 0 N–H and O–H groups in total. The van der Waals surface area contributed by atoms with Crippen molar-refractivity contribution in [3.8, 4) is 0 Å². The first-order valence-electron chi connectivity index (χ1n) is 8.83. The number of nitrogens with zero attached hydrogens (tertiary/aromatic N) is 2. The highest BCUT2D eigenvalue weighted by molar-refractivity contribution is 7.58. The fraction of sp³-hybridized carbons (Fsp3) is 0.684. The van der Waals surface area contributed by atoms with Gasteiger partial charge in [0.25, 0.3) is 7.52 Å². The average molecular weight is 352 g/mol. The molecule has 0 aromatic heterocycles. The first-order valence-corrected chi connectivity index (χ1v) is 10.4. The Morgan fingerprint density at radius 1 is 0.958 bits per heavy atom. The van der Waals surface area contributed by atoms with Crippen LogP contribution in [0.2, 0.25) is 0 Å². The van der Waals surface area contributed by atoms with E-state index >= 15 is 0 Å². The summed E-state index contributed by atoms with van der Waals surface area (Å²) in [5.74, 6) is 0. The van der Waals surface area contributed by atoms with Crippen molar-refractivity contribution in [2.24, 2.45) is 5.41 Å². The lowest BCUT2D eigenvalue weighted by molar-refractivity contribution is 0.167. The van der Waals surface area contributed by atoms with Gasteiger partial charge in [-0.25, -0.2) is 4.67 Å². The number of anilines is 1. The van der Waals surface area contributed by atoms with Gasteiger partial charge in [-0.05, 0) is 38.3 Å². The molecule has 0 amide bonds. The second-order valence-electron chi connectivity index (χ2n) is 8.80. The van der Waals surface area contributed by atoms with Gasteiger partial charge in [-0.15, -0.1) is 0 Å². The molecule has 0 saturated carbocycles. The van der Waals surface area contributed by atoms with Crippen molar-refractivity contribution in [2.75, 3.05) is 37.7 Å². The van der Waals surface area contributed by atoms with Crippen molar-refractivity contribution < 1.29 is 9.09 Å². The lowest BCUT2D eigenvalue weighted by Gasteiger charge is -2.44. The van der Waals surface area contributed by atoms with Gasteiger partial charge in [0, 0.05) is 31.9 Å². The molecule has 4 nitrogen and oxygen atoms in total. The Morgan fingerprint density at radius 2 is 1.50 bits per heavy atom. The van der Waals surface area contributed by atoms with Crippen LogP contribution in [0.1, 0.15) is 41.5 Å². The van der Waals surface area contributed by atoms with Crippen LogP contribution in [0, 0.1) is 5.41 Å². The van der Waals surface area contributed by atoms with E-state index in [0.29, 0.717) is 6.61 Å². The molecule has 1 unspecified atom stereocenters. The quantitative estimate of drug-likeness (QED) is 0.724. The van der Waals surface area contributed by atoms with Gasteiger partial charge in [0.2, 0.25) is 0 Å². The number of hydrogen-bond donors (Lipinski definition) is 0.